The summed E-state index contributed by atoms with van der Waals surface area (Å²) >= 11 is 32.1. The van der Waals surface area contributed by atoms with Crippen LogP contribution in [-0.4, -0.2) is 209 Å². The van der Waals surface area contributed by atoms with Crippen LogP contribution in [0.2, 0.25) is 0 Å². The van der Waals surface area contributed by atoms with E-state index in [1.807, 2.05) is 0 Å². The van der Waals surface area contributed by atoms with E-state index >= 15 is 0 Å². The van der Waals surface area contributed by atoms with Crippen molar-refractivity contribution in [2.75, 3.05) is 64.0 Å². The summed E-state index contributed by atoms with van der Waals surface area (Å²) < 4.78 is 160. The lowest BCUT2D eigenvalue weighted by molar-refractivity contribution is -0.235. The number of hydrogen-bond acceptors (Lipinski definition) is 53. The zero-order valence-electron chi connectivity index (χ0n) is 75.7. The quantitative estimate of drug-likeness (QED) is 0.0149. The van der Waals surface area contributed by atoms with Gasteiger partial charge in [-0.1, -0.05) is 66.0 Å². The number of rotatable bonds is 41. The number of fused-ring (bicyclic) bond motifs is 1. The smallest absolute Gasteiger partial charge is 0.351 e. The zero-order chi connectivity index (χ0) is 104. The summed E-state index contributed by atoms with van der Waals surface area (Å²) in [5, 5.41) is 0. The van der Waals surface area contributed by atoms with E-state index < -0.39 is 299 Å². The summed E-state index contributed by atoms with van der Waals surface area (Å²) in [7, 11) is -4.93. The van der Waals surface area contributed by atoms with E-state index in [1.165, 1.54) is 68.7 Å². The molecule has 15 rings (SSSR count). The van der Waals surface area contributed by atoms with Crippen molar-refractivity contribution >= 4 is 148 Å². The molecule has 15 heterocycles. The van der Waals surface area contributed by atoms with Gasteiger partial charge in [-0.2, -0.15) is 9.97 Å². The van der Waals surface area contributed by atoms with Gasteiger partial charge in [0, 0.05) is 123 Å². The number of anilines is 3. The molecule has 7 unspecified atom stereocenters. The predicted molar refractivity (Wildman–Crippen MR) is 500 cm³/mol. The van der Waals surface area contributed by atoms with Gasteiger partial charge in [-0.25, -0.2) is 43.7 Å². The molecule has 28 atom stereocenters. The van der Waals surface area contributed by atoms with Crippen molar-refractivity contribution in [3.05, 3.63) is 188 Å². The average molecular weight is 2260 g/mol. The highest BCUT2D eigenvalue weighted by atomic mass is 32.7. The fourth-order valence-corrected chi connectivity index (χ4v) is 25.6. The SMILES string of the molecule is CC[C@H]1O[C@@H](n2cc(C)c(N)nc2=O)C[C@H]1OP([O-])(=S)OC[C@H]1O[C@@H](n2cnc3c(N)ncnc32)C[C@H]1OP([O-])(=S)OC[C@H]1O[C@@H](n2cc(C)c(=O)[nH]c2=O)C[C@H]1OP(=O)([S-])OC[C@H]1O[C@@H](n2cc(C)c(=O)[nH]c2=O)C[C@H]1OP(=O)([O-])OC[C@H]1O[C@@H](n2cc(C)c(=O)[nH]c2=O)C[C@H]1OP([O-])(=S)OC[C@H]1O[C@@H](n2cc(C)c(N)nc2=O)C[C@H]1OP([O-])(=S)OC[C@H]1O[C@@H](n2cc(C)c(=O)[nH]c2=O)C[C@H]1OP([O-])(=S)OC. The monoisotopic (exact) mass is 2250 g/mol. The van der Waals surface area contributed by atoms with Crippen LogP contribution in [0, 0.1) is 41.5 Å². The molecule has 143 heavy (non-hydrogen) atoms. The molecule has 0 radical (unpaired) electrons. The molecule has 0 aliphatic carbocycles. The summed E-state index contributed by atoms with van der Waals surface area (Å²) in [6, 6.07) is 0. The predicted octanol–water partition coefficient (Wildman–Crippen LogP) is -2.95. The third-order valence-electron chi connectivity index (χ3n) is 23.6. The number of aromatic nitrogens is 16. The third-order valence-corrected chi connectivity index (χ3v) is 34.1. The number of aromatic amines is 4. The molecule has 58 nitrogen and oxygen atoms in total. The molecule has 0 aromatic carbocycles. The van der Waals surface area contributed by atoms with Gasteiger partial charge in [0.15, 0.2) is 18.3 Å². The van der Waals surface area contributed by atoms with Crippen LogP contribution in [0.4, 0.5) is 17.5 Å². The van der Waals surface area contributed by atoms with Gasteiger partial charge in [0.05, 0.1) is 94.8 Å². The zero-order valence-corrected chi connectivity index (χ0v) is 86.9. The standard InChI is InChI=1S/C72H98N19O39P7S6/c1-9-37-38(10-51(117-37)85-17-31(2)59(73)79-67(85)96)126-133(105,139)113-28-50-44(16-57(123-50)91-30-78-58-61(75)76-29-77-62(58)91)130-137(109,143)116-27-49-43(15-56(122-49)90-22-36(7)66(95)84-72(90)101)129-134(106,140)112-24-46-39(11-52(119-46)87-19-33(4)63(92)81-69(87)98)124-131(102,103)111-23-45-41(13-55(118-45)89-21-35(6)65(94)83-71(89)100)127-135(107,141)115-26-48-42(14-53(121-48)86-18-32(3)60(74)80-68(86)97)128-136(108,142)114-25-47-40(125-132(104,138)110-8)12-54(120-47)88-20-34(5)64(93)82-70(88)99/h17-22,29-30,37-57H,9-16,23-28H2,1-8H3,(H,102,103)(H,104,138)(H,105,139)(H,106,140)(H,107,141)(H,108,142)(H,109,143)(H2,73,79,96)(H2,74,80,97)(H2,75,76,77)(H,81,92,98)(H,82,93,99)(H,83,94,100)(H,84,95,101)/p-7/t37-,38-,39-,40-,41-,42-,43-,44-,45-,46-,47-,48-,49-,50-,51-,52-,53-,54-,55-,56-,57-,132?,133?,134?,135?,136?,137?/m1/s1. The van der Waals surface area contributed by atoms with Crippen molar-refractivity contribution < 1.29 is 135 Å². The number of hydrogen-bond donors (Lipinski definition) is 7. The van der Waals surface area contributed by atoms with E-state index in [1.54, 1.807) is 13.8 Å². The lowest BCUT2D eigenvalue weighted by Crippen LogP contribution is -2.34. The number of phosphoric ester groups is 1. The number of imidazole rings is 1. The second kappa shape index (κ2) is 44.5. The van der Waals surface area contributed by atoms with Crippen LogP contribution in [0.5, 0.6) is 0 Å². The molecule has 0 amide bonds. The maximum Gasteiger partial charge on any atom is 0.351 e. The Morgan fingerprint density at radius 2 is 0.643 bits per heavy atom. The molecule has 0 saturated carbocycles. The van der Waals surface area contributed by atoms with Crippen LogP contribution in [0.1, 0.15) is 135 Å². The third kappa shape index (κ3) is 26.7. The second-order valence-electron chi connectivity index (χ2n) is 33.6. The molecule has 10 N–H and O–H groups in total. The Kier molecular flexibility index (Phi) is 34.4. The van der Waals surface area contributed by atoms with Gasteiger partial charge in [0.25, 0.3) is 30.1 Å². The van der Waals surface area contributed by atoms with Crippen LogP contribution >= 0.6 is 48.2 Å². The number of ether oxygens (including phenoxy) is 7. The molecule has 0 bridgehead atoms. The minimum Gasteiger partial charge on any atom is -0.780 e. The number of nitrogens with two attached hydrogens (primary N) is 3. The Morgan fingerprint density at radius 3 is 0.972 bits per heavy atom. The lowest BCUT2D eigenvalue weighted by Gasteiger charge is -2.36. The Balaban J connectivity index is 0.633. The average Bonchev–Trinajstić information content (AvgIpc) is 1.61. The van der Waals surface area contributed by atoms with Gasteiger partial charge in [0.1, 0.15) is 137 Å². The molecule has 7 saturated heterocycles. The normalized spacial score (nSPS) is 29.7. The largest absolute Gasteiger partial charge is 0.780 e. The summed E-state index contributed by atoms with van der Waals surface area (Å²) in [5.74, 6) is -0.164. The first kappa shape index (κ1) is 111. The highest BCUT2D eigenvalue weighted by molar-refractivity contribution is 8.32. The van der Waals surface area contributed by atoms with Gasteiger partial charge in [-0.15, -0.1) is 0 Å². The molecule has 7 aliphatic heterocycles. The van der Waals surface area contributed by atoms with Crippen molar-refractivity contribution in [1.82, 2.24) is 76.8 Å². The molecular weight excluding hydrogens is 2160 g/mol. The number of nitrogens with one attached hydrogen (secondary N) is 4. The maximum absolute atomic E-state index is 14.9. The molecule has 0 spiro atoms. The van der Waals surface area contributed by atoms with Gasteiger partial charge >= 0.3 is 34.1 Å². The van der Waals surface area contributed by atoms with Crippen LogP contribution in [0.25, 0.3) is 11.2 Å². The number of aryl methyl sites for hydroxylation is 6. The van der Waals surface area contributed by atoms with Gasteiger partial charge in [-0.05, 0) is 48.0 Å². The molecule has 8 aromatic heterocycles. The topological polar surface area (TPSA) is 777 Å². The first-order chi connectivity index (χ1) is 67.1. The Morgan fingerprint density at radius 1 is 0.371 bits per heavy atom. The number of phosphoric acid groups is 1. The minimum absolute atomic E-state index is 0.00399. The van der Waals surface area contributed by atoms with Crippen LogP contribution in [0.3, 0.4) is 0 Å². The van der Waals surface area contributed by atoms with Gasteiger partial charge in [0.2, 0.25) is 0 Å². The molecule has 786 valence electrons. The van der Waals surface area contributed by atoms with Crippen LogP contribution in [0.15, 0.2) is 97.8 Å². The number of nitrogen functional groups attached to an aromatic ring is 3. The van der Waals surface area contributed by atoms with E-state index in [0.29, 0.717) is 12.0 Å². The summed E-state index contributed by atoms with van der Waals surface area (Å²) in [4.78, 5) is 245. The number of H-pyrrole nitrogens is 4. The Labute approximate surface area is 835 Å². The first-order valence-electron chi connectivity index (χ1n) is 43.0. The number of nitrogens with zero attached hydrogens (tertiary/aromatic N) is 12. The lowest BCUT2D eigenvalue weighted by atomic mass is 10.1. The van der Waals surface area contributed by atoms with E-state index in [0.717, 1.165) is 54.9 Å². The second-order valence-corrected chi connectivity index (χ2v) is 51.3. The fraction of sp³-hybridized carbons (Fsp3) is 0.597. The summed E-state index contributed by atoms with van der Waals surface area (Å²) in [6.07, 6.45) is -23.1. The maximum atomic E-state index is 14.9. The molecular formula is C72H91N19O39P7S6-7. The van der Waals surface area contributed by atoms with E-state index in [4.69, 9.17) is 185 Å². The Hall–Kier alpha value is -6.59. The Bertz CT molecular complexity index is 7180. The first-order valence-corrected chi connectivity index (χ1v) is 59.8. The van der Waals surface area contributed by atoms with E-state index in [-0.39, 0.29) is 75.7 Å². The van der Waals surface area contributed by atoms with Crippen LogP contribution < -0.4 is 103 Å². The van der Waals surface area contributed by atoms with Gasteiger partial charge in [-0.3, -0.25) is 80.2 Å². The molecule has 7 fully saturated rings. The van der Waals surface area contributed by atoms with Crippen LogP contribution in [-0.2, 0) is 177 Å². The van der Waals surface area contributed by atoms with Crippen molar-refractivity contribution in [2.24, 2.45) is 0 Å². The highest BCUT2D eigenvalue weighted by Crippen LogP contribution is 2.57. The van der Waals surface area contributed by atoms with E-state index in [2.05, 4.69) is 44.9 Å². The van der Waals surface area contributed by atoms with Crippen molar-refractivity contribution in [1.29, 1.82) is 0 Å². The fourth-order valence-electron chi connectivity index (χ4n) is 16.4. The molecule has 71 heteroatoms. The molecule has 8 aromatic rings. The minimum atomic E-state index is -5.93. The van der Waals surface area contributed by atoms with Crippen molar-refractivity contribution in [2.45, 2.75) is 229 Å². The highest BCUT2D eigenvalue weighted by Gasteiger charge is 2.50. The van der Waals surface area contributed by atoms with Gasteiger partial charge < -0.3 is 155 Å². The van der Waals surface area contributed by atoms with E-state index in [9.17, 15) is 86.4 Å². The van der Waals surface area contributed by atoms with Crippen molar-refractivity contribution in [3.8, 4) is 0 Å². The van der Waals surface area contributed by atoms with Crippen molar-refractivity contribution in [3.63, 3.8) is 0 Å². The molecule has 7 aliphatic rings. The summed E-state index contributed by atoms with van der Waals surface area (Å²) in [6.45, 7) is -24.2. The summed E-state index contributed by atoms with van der Waals surface area (Å²) in [5.41, 5.74) is 10.0.